The number of sulfonamides is 1. The lowest BCUT2D eigenvalue weighted by Crippen LogP contribution is -2.13. The Hall–Kier alpha value is -1.04. The van der Waals surface area contributed by atoms with E-state index in [0.29, 0.717) is 10.7 Å². The summed E-state index contributed by atoms with van der Waals surface area (Å²) in [6, 6.07) is 11.9. The van der Waals surface area contributed by atoms with Crippen LogP contribution in [0.25, 0.3) is 0 Å². The smallest absolute Gasteiger partial charge is 0.261 e. The van der Waals surface area contributed by atoms with Crippen LogP contribution in [0.1, 0.15) is 18.9 Å². The normalized spacial score (nSPS) is 11.4. The van der Waals surface area contributed by atoms with Gasteiger partial charge in [-0.05, 0) is 42.3 Å². The van der Waals surface area contributed by atoms with Crippen LogP contribution in [0.5, 0.6) is 0 Å². The Balaban J connectivity index is 2.25. The number of hydrogen-bond acceptors (Lipinski definition) is 2. The van der Waals surface area contributed by atoms with Gasteiger partial charge in [0.05, 0.1) is 15.6 Å². The Morgan fingerprint density at radius 3 is 2.38 bits per heavy atom. The van der Waals surface area contributed by atoms with Gasteiger partial charge in [-0.15, -0.1) is 0 Å². The average Bonchev–Trinajstić information content (AvgIpc) is 2.43. The SMILES string of the molecule is CCCc1ccc(S(=O)(=O)Nc2ccc(Br)cc2Cl)cc1. The van der Waals surface area contributed by atoms with E-state index in [1.165, 1.54) is 0 Å². The lowest BCUT2D eigenvalue weighted by Gasteiger charge is -2.10. The maximum Gasteiger partial charge on any atom is 0.261 e. The van der Waals surface area contributed by atoms with Crippen LogP contribution in [-0.2, 0) is 16.4 Å². The molecule has 0 aliphatic rings. The second-order valence-electron chi connectivity index (χ2n) is 4.62. The molecule has 2 rings (SSSR count). The molecule has 0 bridgehead atoms. The molecule has 1 N–H and O–H groups in total. The van der Waals surface area contributed by atoms with Gasteiger partial charge in [0.2, 0.25) is 0 Å². The van der Waals surface area contributed by atoms with E-state index < -0.39 is 10.0 Å². The van der Waals surface area contributed by atoms with E-state index >= 15 is 0 Å². The number of aryl methyl sites for hydroxylation is 1. The van der Waals surface area contributed by atoms with Gasteiger partial charge in [0, 0.05) is 4.47 Å². The van der Waals surface area contributed by atoms with Gasteiger partial charge in [0.15, 0.2) is 0 Å². The third kappa shape index (κ3) is 4.22. The van der Waals surface area contributed by atoms with Crippen molar-refractivity contribution in [2.45, 2.75) is 24.7 Å². The molecule has 0 heterocycles. The summed E-state index contributed by atoms with van der Waals surface area (Å²) >= 11 is 9.31. The maximum atomic E-state index is 12.3. The summed E-state index contributed by atoms with van der Waals surface area (Å²) in [5, 5.41) is 0.343. The van der Waals surface area contributed by atoms with Gasteiger partial charge >= 0.3 is 0 Å². The van der Waals surface area contributed by atoms with E-state index in [2.05, 4.69) is 27.6 Å². The molecule has 0 fully saturated rings. The van der Waals surface area contributed by atoms with Gasteiger partial charge in [0.1, 0.15) is 0 Å². The van der Waals surface area contributed by atoms with Crippen LogP contribution in [0.4, 0.5) is 5.69 Å². The molecule has 0 atom stereocenters. The predicted octanol–water partition coefficient (Wildman–Crippen LogP) is 4.86. The van der Waals surface area contributed by atoms with Crippen molar-refractivity contribution in [1.29, 1.82) is 0 Å². The third-order valence-corrected chi connectivity index (χ3v) is 5.14. The summed E-state index contributed by atoms with van der Waals surface area (Å²) in [7, 11) is -3.63. The molecule has 112 valence electrons. The first-order valence-electron chi connectivity index (χ1n) is 6.49. The summed E-state index contributed by atoms with van der Waals surface area (Å²) in [6.45, 7) is 2.09. The van der Waals surface area contributed by atoms with E-state index in [-0.39, 0.29) is 4.90 Å². The van der Waals surface area contributed by atoms with Crippen LogP contribution in [0.2, 0.25) is 5.02 Å². The van der Waals surface area contributed by atoms with Crippen molar-refractivity contribution in [2.75, 3.05) is 4.72 Å². The van der Waals surface area contributed by atoms with Crippen molar-refractivity contribution in [2.24, 2.45) is 0 Å². The Morgan fingerprint density at radius 2 is 1.81 bits per heavy atom. The molecule has 0 saturated heterocycles. The summed E-state index contributed by atoms with van der Waals surface area (Å²) in [6.07, 6.45) is 1.96. The number of anilines is 1. The van der Waals surface area contributed by atoms with Gasteiger partial charge in [-0.25, -0.2) is 8.42 Å². The highest BCUT2D eigenvalue weighted by atomic mass is 79.9. The molecule has 0 aliphatic carbocycles. The fourth-order valence-electron chi connectivity index (χ4n) is 1.90. The number of hydrogen-bond donors (Lipinski definition) is 1. The van der Waals surface area contributed by atoms with E-state index in [1.54, 1.807) is 30.3 Å². The monoisotopic (exact) mass is 387 g/mol. The first kappa shape index (κ1) is 16.3. The Kier molecular flexibility index (Phi) is 5.30. The Morgan fingerprint density at radius 1 is 1.14 bits per heavy atom. The number of rotatable bonds is 5. The second-order valence-corrected chi connectivity index (χ2v) is 7.63. The molecule has 21 heavy (non-hydrogen) atoms. The number of benzene rings is 2. The summed E-state index contributed by atoms with van der Waals surface area (Å²) < 4.78 is 27.9. The van der Waals surface area contributed by atoms with E-state index in [0.717, 1.165) is 22.9 Å². The minimum atomic E-state index is -3.63. The summed E-state index contributed by atoms with van der Waals surface area (Å²) in [5.74, 6) is 0. The van der Waals surface area contributed by atoms with Crippen molar-refractivity contribution < 1.29 is 8.42 Å². The zero-order chi connectivity index (χ0) is 15.5. The minimum absolute atomic E-state index is 0.223. The topological polar surface area (TPSA) is 46.2 Å². The molecule has 0 saturated carbocycles. The van der Waals surface area contributed by atoms with Gasteiger partial charge < -0.3 is 0 Å². The van der Waals surface area contributed by atoms with E-state index in [9.17, 15) is 8.42 Å². The maximum absolute atomic E-state index is 12.3. The van der Waals surface area contributed by atoms with Crippen molar-refractivity contribution in [3.05, 3.63) is 57.5 Å². The molecule has 0 aromatic heterocycles. The van der Waals surface area contributed by atoms with Crippen LogP contribution in [0.15, 0.2) is 51.8 Å². The second kappa shape index (κ2) is 6.81. The van der Waals surface area contributed by atoms with Crippen molar-refractivity contribution in [3.63, 3.8) is 0 Å². The highest BCUT2D eigenvalue weighted by Crippen LogP contribution is 2.27. The summed E-state index contributed by atoms with van der Waals surface area (Å²) in [4.78, 5) is 0.223. The molecule has 2 aromatic rings. The van der Waals surface area contributed by atoms with Crippen LogP contribution in [-0.4, -0.2) is 8.42 Å². The van der Waals surface area contributed by atoms with Crippen molar-refractivity contribution >= 4 is 43.2 Å². The fraction of sp³-hybridized carbons (Fsp3) is 0.200. The third-order valence-electron chi connectivity index (χ3n) is 2.95. The Bertz CT molecular complexity index is 730. The summed E-state index contributed by atoms with van der Waals surface area (Å²) in [5.41, 5.74) is 1.48. The molecule has 0 spiro atoms. The molecular weight excluding hydrogens is 374 g/mol. The first-order chi connectivity index (χ1) is 9.92. The zero-order valence-corrected chi connectivity index (χ0v) is 14.6. The number of halogens is 2. The van der Waals surface area contributed by atoms with Gasteiger partial charge in [0.25, 0.3) is 10.0 Å². The molecule has 0 unspecified atom stereocenters. The largest absolute Gasteiger partial charge is 0.278 e. The molecule has 0 amide bonds. The van der Waals surface area contributed by atoms with E-state index in [1.807, 2.05) is 12.1 Å². The highest BCUT2D eigenvalue weighted by Gasteiger charge is 2.15. The van der Waals surface area contributed by atoms with Crippen LogP contribution < -0.4 is 4.72 Å². The van der Waals surface area contributed by atoms with Crippen molar-refractivity contribution in [3.8, 4) is 0 Å². The average molecular weight is 389 g/mol. The zero-order valence-electron chi connectivity index (χ0n) is 11.4. The van der Waals surface area contributed by atoms with Gasteiger partial charge in [-0.2, -0.15) is 0 Å². The Labute approximate surface area is 138 Å². The lowest BCUT2D eigenvalue weighted by atomic mass is 10.1. The molecule has 3 nitrogen and oxygen atoms in total. The molecular formula is C15H15BrClNO2S. The predicted molar refractivity (Wildman–Crippen MR) is 90.4 cm³/mol. The van der Waals surface area contributed by atoms with E-state index in [4.69, 9.17) is 11.6 Å². The quantitative estimate of drug-likeness (QED) is 0.795. The molecule has 0 aliphatic heterocycles. The van der Waals surface area contributed by atoms with Gasteiger partial charge in [-0.3, -0.25) is 4.72 Å². The van der Waals surface area contributed by atoms with Gasteiger partial charge in [-0.1, -0.05) is 53.0 Å². The first-order valence-corrected chi connectivity index (χ1v) is 9.14. The minimum Gasteiger partial charge on any atom is -0.278 e. The molecule has 6 heteroatoms. The van der Waals surface area contributed by atoms with Crippen LogP contribution in [0.3, 0.4) is 0 Å². The van der Waals surface area contributed by atoms with Crippen LogP contribution >= 0.6 is 27.5 Å². The standard InChI is InChI=1S/C15H15BrClNO2S/c1-2-3-11-4-7-13(8-5-11)21(19,20)18-15-9-6-12(16)10-14(15)17/h4-10,18H,2-3H2,1H3. The lowest BCUT2D eigenvalue weighted by molar-refractivity contribution is 0.601. The molecule has 2 aromatic carbocycles. The van der Waals surface area contributed by atoms with Crippen LogP contribution in [0, 0.1) is 0 Å². The van der Waals surface area contributed by atoms with Crippen molar-refractivity contribution in [1.82, 2.24) is 0 Å². The molecule has 0 radical (unpaired) electrons. The fourth-order valence-corrected chi connectivity index (χ4v) is 3.76. The highest BCUT2D eigenvalue weighted by molar-refractivity contribution is 9.10. The number of nitrogens with one attached hydrogen (secondary N) is 1.